The van der Waals surface area contributed by atoms with E-state index in [1.54, 1.807) is 0 Å². The summed E-state index contributed by atoms with van der Waals surface area (Å²) in [6, 6.07) is 191. The maximum Gasteiger partial charge on any atom is 0.0970 e. The lowest BCUT2D eigenvalue weighted by atomic mass is 9.67. The number of benzene rings is 23. The molecule has 0 amide bonds. The minimum atomic E-state index is -0.543. The molecule has 658 valence electrons. The normalized spacial score (nSPS) is 12.5. The maximum atomic E-state index is 4.67. The van der Waals surface area contributed by atoms with Gasteiger partial charge in [0.1, 0.15) is 0 Å². The van der Waals surface area contributed by atoms with Gasteiger partial charge in [0.2, 0.25) is 0 Å². The average molecular weight is 1780 g/mol. The predicted octanol–water partition coefficient (Wildman–Crippen LogP) is 36.0. The Labute approximate surface area is 816 Å². The van der Waals surface area contributed by atoms with E-state index >= 15 is 0 Å². The van der Waals surface area contributed by atoms with Gasteiger partial charge in [0.25, 0.3) is 0 Å². The summed E-state index contributed by atoms with van der Waals surface area (Å²) in [7, 11) is 0. The molecule has 23 aromatic carbocycles. The van der Waals surface area contributed by atoms with Crippen molar-refractivity contribution in [3.63, 3.8) is 0 Å². The fraction of sp³-hybridized carbons (Fsp3) is 0.0294. The molecule has 140 heavy (non-hydrogen) atoms. The molecule has 0 bridgehead atoms. The molecule has 4 nitrogen and oxygen atoms in total. The van der Waals surface area contributed by atoms with E-state index in [9.17, 15) is 0 Å². The van der Waals surface area contributed by atoms with Crippen LogP contribution in [-0.4, -0.2) is 9.97 Å². The van der Waals surface area contributed by atoms with Gasteiger partial charge in [-0.25, -0.2) is 0 Å². The van der Waals surface area contributed by atoms with Crippen LogP contribution in [0.1, 0.15) is 55.6 Å². The van der Waals surface area contributed by atoms with Gasteiger partial charge < -0.3 is 9.80 Å². The highest BCUT2D eigenvalue weighted by Crippen LogP contribution is 2.60. The zero-order valence-corrected chi connectivity index (χ0v) is 77.6. The first-order chi connectivity index (χ1) is 69.3. The van der Waals surface area contributed by atoms with E-state index in [-0.39, 0.29) is 0 Å². The van der Waals surface area contributed by atoms with Crippen LogP contribution < -0.4 is 9.80 Å². The molecule has 27 rings (SSSR count). The molecule has 0 radical (unpaired) electrons. The zero-order chi connectivity index (χ0) is 93.2. The fourth-order valence-corrected chi connectivity index (χ4v) is 23.1. The molecule has 0 unspecified atom stereocenters. The van der Waals surface area contributed by atoms with E-state index in [4.69, 9.17) is 0 Å². The number of pyridine rings is 2. The molecule has 0 fully saturated rings. The van der Waals surface area contributed by atoms with Gasteiger partial charge in [0.15, 0.2) is 0 Å². The zero-order valence-electron chi connectivity index (χ0n) is 77.6. The Morgan fingerprint density at radius 2 is 0.486 bits per heavy atom. The van der Waals surface area contributed by atoms with Gasteiger partial charge in [0.05, 0.1) is 33.2 Å². The van der Waals surface area contributed by atoms with Crippen LogP contribution in [0.5, 0.6) is 0 Å². The molecular formula is C136H94N4. The molecule has 0 atom stereocenters. The molecule has 0 saturated carbocycles. The number of aromatic nitrogens is 2. The van der Waals surface area contributed by atoms with Gasteiger partial charge in [-0.15, -0.1) is 0 Å². The van der Waals surface area contributed by atoms with Crippen molar-refractivity contribution in [2.75, 3.05) is 9.80 Å². The van der Waals surface area contributed by atoms with Crippen molar-refractivity contribution in [3.05, 3.63) is 590 Å². The van der Waals surface area contributed by atoms with Crippen LogP contribution in [0.3, 0.4) is 0 Å². The van der Waals surface area contributed by atoms with Gasteiger partial charge in [-0.1, -0.05) is 443 Å². The fourth-order valence-electron chi connectivity index (χ4n) is 23.1. The molecule has 2 aliphatic carbocycles. The minimum Gasteiger partial charge on any atom is -0.310 e. The summed E-state index contributed by atoms with van der Waals surface area (Å²) in [4.78, 5) is 14.3. The molecule has 0 spiro atoms. The highest BCUT2D eigenvalue weighted by molar-refractivity contribution is 6.29. The summed E-state index contributed by atoms with van der Waals surface area (Å²) in [5.74, 6) is 0. The molecular weight excluding hydrogens is 1690 g/mol. The van der Waals surface area contributed by atoms with E-state index in [0.717, 1.165) is 55.9 Å². The Hall–Kier alpha value is -18.0. The van der Waals surface area contributed by atoms with Crippen LogP contribution >= 0.6 is 0 Å². The SMILES string of the molecule is Cc1cccc(N(c2cccc(C3(c4ccccc4)c4ccccc4-c4ccccc43)c2)c2ccc3ccc4c(N(c5cccc(C)c5)c5cccc(C6(c7ccccc7)c7ccccc7-c7ccccc76)c5)ccc5ccc2c3c54)c1.c1ccc(-c2ccc3c(-c4ccccc4)c4ccccc4c(-c4ccccc4)c3c2)cc1.c1ccc(-c2ccnc3c2ccc2c(-c4ccccc4)ccnc23)cc1. The smallest absolute Gasteiger partial charge is 0.0970 e. The predicted molar refractivity (Wildman–Crippen MR) is 589 cm³/mol. The van der Waals surface area contributed by atoms with Crippen molar-refractivity contribution < 1.29 is 0 Å². The number of nitrogens with zero attached hydrogens (tertiary/aromatic N) is 4. The lowest BCUT2D eigenvalue weighted by Crippen LogP contribution is -2.28. The van der Waals surface area contributed by atoms with E-state index < -0.39 is 10.8 Å². The van der Waals surface area contributed by atoms with Gasteiger partial charge in [-0.05, 0) is 269 Å². The number of hydrogen-bond donors (Lipinski definition) is 0. The summed E-state index contributed by atoms with van der Waals surface area (Å²) in [5, 5.41) is 14.7. The summed E-state index contributed by atoms with van der Waals surface area (Å²) in [6.07, 6.45) is 3.75. The van der Waals surface area contributed by atoms with Gasteiger partial charge in [-0.3, -0.25) is 9.97 Å². The lowest BCUT2D eigenvalue weighted by Gasteiger charge is -2.35. The largest absolute Gasteiger partial charge is 0.310 e. The Balaban J connectivity index is 0.000000144. The monoisotopic (exact) mass is 1780 g/mol. The first-order valence-electron chi connectivity index (χ1n) is 48.4. The summed E-state index contributed by atoms with van der Waals surface area (Å²) < 4.78 is 0. The molecule has 2 heterocycles. The summed E-state index contributed by atoms with van der Waals surface area (Å²) >= 11 is 0. The van der Waals surface area contributed by atoms with E-state index in [0.29, 0.717) is 0 Å². The van der Waals surface area contributed by atoms with Crippen molar-refractivity contribution in [3.8, 4) is 77.9 Å². The van der Waals surface area contributed by atoms with Crippen LogP contribution in [0.4, 0.5) is 34.1 Å². The first-order valence-corrected chi connectivity index (χ1v) is 48.4. The third-order valence-corrected chi connectivity index (χ3v) is 29.1. The highest BCUT2D eigenvalue weighted by atomic mass is 15.2. The quantitative estimate of drug-likeness (QED) is 0.0756. The minimum absolute atomic E-state index is 0.543. The van der Waals surface area contributed by atoms with Gasteiger partial charge in [-0.2, -0.15) is 0 Å². The van der Waals surface area contributed by atoms with E-state index in [2.05, 4.69) is 543 Å². The second kappa shape index (κ2) is 35.4. The third-order valence-electron chi connectivity index (χ3n) is 29.1. The average Bonchev–Trinajstić information content (AvgIpc) is 1.51. The van der Waals surface area contributed by atoms with Crippen molar-refractivity contribution >= 4 is 110 Å². The second-order valence-corrected chi connectivity index (χ2v) is 36.9. The van der Waals surface area contributed by atoms with Crippen molar-refractivity contribution in [1.82, 2.24) is 9.97 Å². The Morgan fingerprint density at radius 1 is 0.186 bits per heavy atom. The summed E-state index contributed by atoms with van der Waals surface area (Å²) in [5.41, 5.74) is 37.5. The van der Waals surface area contributed by atoms with Gasteiger partial charge in [0, 0.05) is 56.7 Å². The highest BCUT2D eigenvalue weighted by Gasteiger charge is 2.48. The summed E-state index contributed by atoms with van der Waals surface area (Å²) in [6.45, 7) is 4.40. The topological polar surface area (TPSA) is 32.3 Å². The second-order valence-electron chi connectivity index (χ2n) is 36.9. The number of rotatable bonds is 15. The van der Waals surface area contributed by atoms with Crippen molar-refractivity contribution in [1.29, 1.82) is 0 Å². The van der Waals surface area contributed by atoms with Crippen LogP contribution in [0, 0.1) is 13.8 Å². The Morgan fingerprint density at radius 3 is 0.879 bits per heavy atom. The molecule has 0 aliphatic heterocycles. The third kappa shape index (κ3) is 14.1. The van der Waals surface area contributed by atoms with Crippen molar-refractivity contribution in [2.45, 2.75) is 24.7 Å². The van der Waals surface area contributed by atoms with Crippen molar-refractivity contribution in [2.24, 2.45) is 0 Å². The number of fused-ring (bicyclic) bond motifs is 11. The number of anilines is 6. The molecule has 2 aromatic heterocycles. The molecule has 2 aliphatic rings. The Bertz CT molecular complexity index is 8520. The molecule has 0 saturated heterocycles. The number of aryl methyl sites for hydroxylation is 2. The first kappa shape index (κ1) is 83.8. The number of hydrogen-bond acceptors (Lipinski definition) is 4. The Kier molecular flexibility index (Phi) is 21.2. The van der Waals surface area contributed by atoms with Gasteiger partial charge >= 0.3 is 0 Å². The van der Waals surface area contributed by atoms with Crippen LogP contribution in [0.25, 0.3) is 154 Å². The van der Waals surface area contributed by atoms with E-state index in [1.807, 2.05) is 24.5 Å². The van der Waals surface area contributed by atoms with Crippen LogP contribution in [0.15, 0.2) is 534 Å². The lowest BCUT2D eigenvalue weighted by molar-refractivity contribution is 0.768. The molecule has 25 aromatic rings. The van der Waals surface area contributed by atoms with E-state index in [1.165, 1.54) is 187 Å². The molecule has 4 heteroatoms. The van der Waals surface area contributed by atoms with Crippen LogP contribution in [0.2, 0.25) is 0 Å². The molecule has 0 N–H and O–H groups in total. The maximum absolute atomic E-state index is 4.67. The van der Waals surface area contributed by atoms with Crippen LogP contribution in [-0.2, 0) is 10.8 Å². The standard InChI is InChI=1S/C80H56N2.C32H22.C24H16N2/c1-53-21-17-29-61(49-53)81(63-31-19-27-59(51-63)79(57-23-5-3-6-24-57)71-37-13-9-33-65(71)66-34-10-14-38-72(66)79)75-47-43-55-42-46-70-76(48-44-56-41-45-69(75)77(55)78(56)70)82(62-30-18-22-54(2)50-62)64-32-20-28-60(52-64)80(58-25-7-4-8-26-58)73-39-15-11-35-67(73)68-36-12-16-40-74(68)80;1-4-12-23(13-5-1)26-20-21-29-30(22-26)32(25-16-8-3-9-17-25)28-19-11-10-18-27(28)31(29)24-14-6-2-7-15-24;1-3-7-17(8-4-1)19-13-15-25-23-21(19)11-12-22-20(14-16-26-24(22)23)18-9-5-2-6-10-18/h3-52H,1-2H3;1-22H;1-16H.